The van der Waals surface area contributed by atoms with Gasteiger partial charge in [0.05, 0.1) is 12.1 Å². The van der Waals surface area contributed by atoms with E-state index in [1.54, 1.807) is 0 Å². The number of rotatable bonds is 3. The first kappa shape index (κ1) is 13.2. The molecular formula is C13H16ClNO3. The van der Waals surface area contributed by atoms with E-state index in [9.17, 15) is 4.79 Å². The van der Waals surface area contributed by atoms with Crippen LogP contribution in [-0.2, 0) is 9.53 Å². The SMILES string of the molecule is COC(=O)[C@H]1C[C@@H](Oc2cc(C)ccc2Cl)CN1. The first-order valence-corrected chi connectivity index (χ1v) is 6.22. The molecule has 0 aliphatic carbocycles. The van der Waals surface area contributed by atoms with Gasteiger partial charge in [0.25, 0.3) is 0 Å². The summed E-state index contributed by atoms with van der Waals surface area (Å²) < 4.78 is 10.5. The van der Waals surface area contributed by atoms with E-state index in [1.165, 1.54) is 7.11 Å². The molecule has 0 unspecified atom stereocenters. The highest BCUT2D eigenvalue weighted by Crippen LogP contribution is 2.27. The second-order valence-corrected chi connectivity index (χ2v) is 4.80. The quantitative estimate of drug-likeness (QED) is 0.852. The number of hydrogen-bond donors (Lipinski definition) is 1. The van der Waals surface area contributed by atoms with Gasteiger partial charge in [-0.25, -0.2) is 0 Å². The van der Waals surface area contributed by atoms with Gasteiger partial charge >= 0.3 is 5.97 Å². The zero-order chi connectivity index (χ0) is 13.1. The third-order valence-corrected chi connectivity index (χ3v) is 3.27. The fourth-order valence-electron chi connectivity index (χ4n) is 2.00. The average molecular weight is 270 g/mol. The highest BCUT2D eigenvalue weighted by atomic mass is 35.5. The van der Waals surface area contributed by atoms with Crippen LogP contribution in [0, 0.1) is 6.92 Å². The van der Waals surface area contributed by atoms with Crippen LogP contribution in [0.3, 0.4) is 0 Å². The number of benzene rings is 1. The first-order chi connectivity index (χ1) is 8.60. The van der Waals surface area contributed by atoms with Crippen molar-refractivity contribution < 1.29 is 14.3 Å². The van der Waals surface area contributed by atoms with Crippen molar-refractivity contribution in [3.05, 3.63) is 28.8 Å². The Morgan fingerprint density at radius 2 is 2.28 bits per heavy atom. The van der Waals surface area contributed by atoms with Gasteiger partial charge < -0.3 is 14.8 Å². The molecule has 2 atom stereocenters. The Labute approximate surface area is 111 Å². The van der Waals surface area contributed by atoms with Gasteiger partial charge in [-0.05, 0) is 24.6 Å². The fraction of sp³-hybridized carbons (Fsp3) is 0.462. The van der Waals surface area contributed by atoms with Crippen LogP contribution < -0.4 is 10.1 Å². The lowest BCUT2D eigenvalue weighted by Gasteiger charge is -2.14. The molecule has 0 radical (unpaired) electrons. The second-order valence-electron chi connectivity index (χ2n) is 4.39. The lowest BCUT2D eigenvalue weighted by Crippen LogP contribution is -2.31. The second kappa shape index (κ2) is 5.59. The van der Waals surface area contributed by atoms with Crippen molar-refractivity contribution in [2.45, 2.75) is 25.5 Å². The minimum Gasteiger partial charge on any atom is -0.487 e. The zero-order valence-corrected chi connectivity index (χ0v) is 11.2. The van der Waals surface area contributed by atoms with E-state index in [0.29, 0.717) is 23.7 Å². The zero-order valence-electron chi connectivity index (χ0n) is 10.4. The number of carbonyl (C=O) groups excluding carboxylic acids is 1. The largest absolute Gasteiger partial charge is 0.487 e. The van der Waals surface area contributed by atoms with Gasteiger partial charge in [-0.15, -0.1) is 0 Å². The van der Waals surface area contributed by atoms with Crippen molar-refractivity contribution in [2.24, 2.45) is 0 Å². The molecule has 0 aromatic heterocycles. The van der Waals surface area contributed by atoms with Gasteiger partial charge in [-0.3, -0.25) is 4.79 Å². The highest BCUT2D eigenvalue weighted by Gasteiger charge is 2.31. The van der Waals surface area contributed by atoms with Crippen LogP contribution in [0.25, 0.3) is 0 Å². The van der Waals surface area contributed by atoms with Crippen LogP contribution in [0.4, 0.5) is 0 Å². The van der Waals surface area contributed by atoms with E-state index in [0.717, 1.165) is 5.56 Å². The first-order valence-electron chi connectivity index (χ1n) is 5.84. The summed E-state index contributed by atoms with van der Waals surface area (Å²) in [6.07, 6.45) is 0.533. The number of ether oxygens (including phenoxy) is 2. The van der Waals surface area contributed by atoms with Gasteiger partial charge in [0, 0.05) is 13.0 Å². The summed E-state index contributed by atoms with van der Waals surface area (Å²) in [5, 5.41) is 3.65. The maximum Gasteiger partial charge on any atom is 0.323 e. The molecule has 5 heteroatoms. The number of carbonyl (C=O) groups is 1. The molecule has 1 aliphatic heterocycles. The maximum absolute atomic E-state index is 11.4. The van der Waals surface area contributed by atoms with Crippen molar-refractivity contribution in [3.8, 4) is 5.75 Å². The van der Waals surface area contributed by atoms with Crippen molar-refractivity contribution in [1.29, 1.82) is 0 Å². The molecule has 1 aromatic carbocycles. The van der Waals surface area contributed by atoms with Gasteiger partial charge in [-0.1, -0.05) is 17.7 Å². The summed E-state index contributed by atoms with van der Waals surface area (Å²) in [7, 11) is 1.38. The Kier molecular flexibility index (Phi) is 4.09. The summed E-state index contributed by atoms with van der Waals surface area (Å²) in [6, 6.07) is 5.35. The Morgan fingerprint density at radius 3 is 3.00 bits per heavy atom. The molecule has 1 aliphatic rings. The summed E-state index contributed by atoms with van der Waals surface area (Å²) in [6.45, 7) is 2.59. The molecule has 0 bridgehead atoms. The maximum atomic E-state index is 11.4. The normalized spacial score (nSPS) is 22.8. The minimum atomic E-state index is -0.288. The molecule has 1 fully saturated rings. The third-order valence-electron chi connectivity index (χ3n) is 2.96. The van der Waals surface area contributed by atoms with Gasteiger partial charge in [0.15, 0.2) is 0 Å². The third kappa shape index (κ3) is 2.94. The number of hydrogen-bond acceptors (Lipinski definition) is 4. The number of nitrogens with one attached hydrogen (secondary N) is 1. The van der Waals surface area contributed by atoms with Crippen LogP contribution in [0.1, 0.15) is 12.0 Å². The Morgan fingerprint density at radius 1 is 1.50 bits per heavy atom. The Hall–Kier alpha value is -1.26. The van der Waals surface area contributed by atoms with E-state index in [2.05, 4.69) is 5.32 Å². The number of halogens is 1. The predicted octanol–water partition coefficient (Wildman–Crippen LogP) is 1.93. The summed E-state index contributed by atoms with van der Waals surface area (Å²) >= 11 is 6.06. The van der Waals surface area contributed by atoms with Crippen LogP contribution in [0.5, 0.6) is 5.75 Å². The monoisotopic (exact) mass is 269 g/mol. The highest BCUT2D eigenvalue weighted by molar-refractivity contribution is 6.32. The topological polar surface area (TPSA) is 47.6 Å². The van der Waals surface area contributed by atoms with E-state index in [1.807, 2.05) is 25.1 Å². The average Bonchev–Trinajstić information content (AvgIpc) is 2.81. The molecule has 0 saturated carbocycles. The minimum absolute atomic E-state index is 0.0617. The molecule has 0 amide bonds. The van der Waals surface area contributed by atoms with Crippen LogP contribution in [0.15, 0.2) is 18.2 Å². The van der Waals surface area contributed by atoms with Crippen molar-refractivity contribution >= 4 is 17.6 Å². The number of methoxy groups -OCH3 is 1. The standard InChI is InChI=1S/C13H16ClNO3/c1-8-3-4-10(14)12(5-8)18-9-6-11(15-7-9)13(16)17-2/h3-5,9,11,15H,6-7H2,1-2H3/t9-,11-/m1/s1. The van der Waals surface area contributed by atoms with Crippen LogP contribution >= 0.6 is 11.6 Å². The van der Waals surface area contributed by atoms with Gasteiger partial charge in [-0.2, -0.15) is 0 Å². The molecule has 1 N–H and O–H groups in total. The van der Waals surface area contributed by atoms with E-state index < -0.39 is 0 Å². The molecule has 98 valence electrons. The molecule has 1 aromatic rings. The molecule has 1 heterocycles. The molecule has 2 rings (SSSR count). The molecule has 1 saturated heterocycles. The van der Waals surface area contributed by atoms with E-state index in [4.69, 9.17) is 21.1 Å². The summed E-state index contributed by atoms with van der Waals surface area (Å²) in [5.74, 6) is 0.408. The number of aryl methyl sites for hydroxylation is 1. The summed E-state index contributed by atoms with van der Waals surface area (Å²) in [4.78, 5) is 11.4. The van der Waals surface area contributed by atoms with E-state index in [-0.39, 0.29) is 18.1 Å². The smallest absolute Gasteiger partial charge is 0.323 e. The van der Waals surface area contributed by atoms with Gasteiger partial charge in [0.1, 0.15) is 17.9 Å². The lowest BCUT2D eigenvalue weighted by molar-refractivity contribution is -0.142. The Balaban J connectivity index is 1.99. The summed E-state index contributed by atoms with van der Waals surface area (Å²) in [5.41, 5.74) is 1.09. The van der Waals surface area contributed by atoms with Crippen molar-refractivity contribution in [1.82, 2.24) is 5.32 Å². The van der Waals surface area contributed by atoms with Gasteiger partial charge in [0.2, 0.25) is 0 Å². The number of esters is 1. The van der Waals surface area contributed by atoms with E-state index >= 15 is 0 Å². The molecule has 0 spiro atoms. The van der Waals surface area contributed by atoms with Crippen molar-refractivity contribution in [2.75, 3.05) is 13.7 Å². The van der Waals surface area contributed by atoms with Crippen LogP contribution in [-0.4, -0.2) is 31.8 Å². The van der Waals surface area contributed by atoms with Crippen LogP contribution in [0.2, 0.25) is 5.02 Å². The molecule has 18 heavy (non-hydrogen) atoms. The lowest BCUT2D eigenvalue weighted by atomic mass is 10.2. The fourth-order valence-corrected chi connectivity index (χ4v) is 2.16. The molecule has 4 nitrogen and oxygen atoms in total. The van der Waals surface area contributed by atoms with Crippen molar-refractivity contribution in [3.63, 3.8) is 0 Å². The Bertz CT molecular complexity index is 450. The predicted molar refractivity (Wildman–Crippen MR) is 69.0 cm³/mol. The molecular weight excluding hydrogens is 254 g/mol.